The molecule has 0 amide bonds. The molecule has 26 heavy (non-hydrogen) atoms. The second-order valence-corrected chi connectivity index (χ2v) is 7.26. The van der Waals surface area contributed by atoms with Crippen LogP contribution in [0.15, 0.2) is 72.5 Å². The van der Waals surface area contributed by atoms with E-state index in [0.717, 1.165) is 40.9 Å². The van der Waals surface area contributed by atoms with Crippen molar-refractivity contribution >= 4 is 5.71 Å². The van der Waals surface area contributed by atoms with Gasteiger partial charge in [-0.05, 0) is 45.4 Å². The molecular formula is C24H28N2. The minimum atomic E-state index is -0.164. The van der Waals surface area contributed by atoms with E-state index in [1.165, 1.54) is 0 Å². The molecule has 0 spiro atoms. The van der Waals surface area contributed by atoms with E-state index >= 15 is 0 Å². The molecule has 1 fully saturated rings. The first-order valence-corrected chi connectivity index (χ1v) is 8.86. The third-order valence-corrected chi connectivity index (χ3v) is 4.69. The van der Waals surface area contributed by atoms with Gasteiger partial charge in [0, 0.05) is 30.4 Å². The van der Waals surface area contributed by atoms with Crippen LogP contribution in [0.3, 0.4) is 0 Å². The first-order chi connectivity index (χ1) is 12.2. The summed E-state index contributed by atoms with van der Waals surface area (Å²) in [6, 6.07) is 7.86. The van der Waals surface area contributed by atoms with Crippen LogP contribution in [0.2, 0.25) is 0 Å². The minimum Gasteiger partial charge on any atom is -0.377 e. The quantitative estimate of drug-likeness (QED) is 0.445. The molecule has 1 N–H and O–H groups in total. The average Bonchev–Trinajstić information content (AvgIpc) is 2.86. The predicted octanol–water partition coefficient (Wildman–Crippen LogP) is 5.34. The van der Waals surface area contributed by atoms with Gasteiger partial charge < -0.3 is 10.3 Å². The molecule has 1 heterocycles. The summed E-state index contributed by atoms with van der Waals surface area (Å²) in [5, 5.41) is 8.29. The van der Waals surface area contributed by atoms with E-state index in [9.17, 15) is 0 Å². The number of hydrogen-bond acceptors (Lipinski definition) is 2. The fourth-order valence-electron chi connectivity index (χ4n) is 2.95. The molecule has 1 atom stereocenters. The number of nitrogens with zero attached hydrogens (tertiary/aromatic N) is 1. The first-order valence-electron chi connectivity index (χ1n) is 8.86. The van der Waals surface area contributed by atoms with Gasteiger partial charge in [-0.3, -0.25) is 0 Å². The lowest BCUT2D eigenvalue weighted by molar-refractivity contribution is 0.470. The van der Waals surface area contributed by atoms with Crippen LogP contribution in [0.25, 0.3) is 0 Å². The molecule has 1 aliphatic heterocycles. The van der Waals surface area contributed by atoms with Crippen molar-refractivity contribution in [3.63, 3.8) is 0 Å². The summed E-state index contributed by atoms with van der Waals surface area (Å²) in [4.78, 5) is 2.17. The SMILES string of the molecule is C=C(C)/C=C(C)/C=C\C(=N)c1cccc(C#CC2(C)CCN(C)C2=C)c1. The van der Waals surface area contributed by atoms with Crippen LogP contribution < -0.4 is 0 Å². The molecule has 1 unspecified atom stereocenters. The molecule has 0 radical (unpaired) electrons. The first kappa shape index (κ1) is 19.5. The third-order valence-electron chi connectivity index (χ3n) is 4.69. The number of nitrogens with one attached hydrogen (secondary N) is 1. The third kappa shape index (κ3) is 4.86. The molecule has 2 heteroatoms. The van der Waals surface area contributed by atoms with Gasteiger partial charge in [-0.1, -0.05) is 60.4 Å². The van der Waals surface area contributed by atoms with Crippen molar-refractivity contribution in [2.75, 3.05) is 13.6 Å². The zero-order chi connectivity index (χ0) is 19.3. The minimum absolute atomic E-state index is 0.164. The highest BCUT2D eigenvalue weighted by Gasteiger charge is 2.34. The fourth-order valence-corrected chi connectivity index (χ4v) is 2.95. The standard InChI is InChI=1S/C24H28N2/c1-18(2)16-19(3)10-11-23(25)22-9-7-8-21(17-22)12-13-24(5)14-15-26(6)20(24)4/h7-11,16-17,25H,1,4,14-15H2,2-3,5-6H3/b11-10-,19-16+,25-23?. The largest absolute Gasteiger partial charge is 0.377 e. The van der Waals surface area contributed by atoms with E-state index in [2.05, 4.69) is 43.9 Å². The molecule has 1 aliphatic rings. The summed E-state index contributed by atoms with van der Waals surface area (Å²) in [5.41, 5.74) is 5.26. The number of likely N-dealkylation sites (tertiary alicyclic amines) is 1. The van der Waals surface area contributed by atoms with Gasteiger partial charge >= 0.3 is 0 Å². The highest BCUT2D eigenvalue weighted by atomic mass is 15.1. The predicted molar refractivity (Wildman–Crippen MR) is 112 cm³/mol. The Morgan fingerprint density at radius 3 is 2.65 bits per heavy atom. The monoisotopic (exact) mass is 344 g/mol. The Morgan fingerprint density at radius 2 is 2.04 bits per heavy atom. The maximum atomic E-state index is 8.29. The lowest BCUT2D eigenvalue weighted by Crippen LogP contribution is -2.16. The second kappa shape index (κ2) is 8.06. The van der Waals surface area contributed by atoms with Crippen molar-refractivity contribution in [2.24, 2.45) is 5.41 Å². The van der Waals surface area contributed by atoms with Crippen molar-refractivity contribution in [3.05, 3.63) is 83.6 Å². The number of rotatable bonds is 4. The second-order valence-electron chi connectivity index (χ2n) is 7.26. The Kier molecular flexibility index (Phi) is 6.05. The van der Waals surface area contributed by atoms with Gasteiger partial charge in [0.15, 0.2) is 0 Å². The van der Waals surface area contributed by atoms with Crippen molar-refractivity contribution in [1.82, 2.24) is 4.90 Å². The zero-order valence-corrected chi connectivity index (χ0v) is 16.3. The molecule has 0 aromatic heterocycles. The van der Waals surface area contributed by atoms with Crippen LogP contribution in [0.1, 0.15) is 38.3 Å². The average molecular weight is 345 g/mol. The summed E-state index contributed by atoms with van der Waals surface area (Å²) in [7, 11) is 2.06. The molecule has 2 rings (SSSR count). The highest BCUT2D eigenvalue weighted by Crippen LogP contribution is 2.37. The van der Waals surface area contributed by atoms with Gasteiger partial charge in [0.2, 0.25) is 0 Å². The van der Waals surface area contributed by atoms with E-state index in [4.69, 9.17) is 5.41 Å². The number of allylic oxidation sites excluding steroid dienone is 6. The summed E-state index contributed by atoms with van der Waals surface area (Å²) < 4.78 is 0. The summed E-state index contributed by atoms with van der Waals surface area (Å²) in [6.07, 6.45) is 6.75. The Balaban J connectivity index is 2.18. The molecule has 0 aliphatic carbocycles. The smallest absolute Gasteiger partial charge is 0.0697 e. The Bertz CT molecular complexity index is 858. The van der Waals surface area contributed by atoms with Crippen molar-refractivity contribution < 1.29 is 0 Å². The van der Waals surface area contributed by atoms with Crippen LogP contribution in [0, 0.1) is 22.7 Å². The van der Waals surface area contributed by atoms with Gasteiger partial charge in [0.05, 0.1) is 11.1 Å². The lowest BCUT2D eigenvalue weighted by atomic mass is 9.87. The molecule has 0 bridgehead atoms. The molecule has 1 aromatic rings. The van der Waals surface area contributed by atoms with E-state index in [0.29, 0.717) is 5.71 Å². The molecule has 1 aromatic carbocycles. The Labute approximate surface area is 158 Å². The summed E-state index contributed by atoms with van der Waals surface area (Å²) in [5.74, 6) is 6.68. The summed E-state index contributed by atoms with van der Waals surface area (Å²) >= 11 is 0. The molecule has 2 nitrogen and oxygen atoms in total. The van der Waals surface area contributed by atoms with E-state index in [1.807, 2.05) is 56.3 Å². The van der Waals surface area contributed by atoms with Crippen molar-refractivity contribution in [1.29, 1.82) is 5.41 Å². The molecular weight excluding hydrogens is 316 g/mol. The Morgan fingerprint density at radius 1 is 1.31 bits per heavy atom. The topological polar surface area (TPSA) is 27.1 Å². The van der Waals surface area contributed by atoms with Gasteiger partial charge in [-0.25, -0.2) is 0 Å². The van der Waals surface area contributed by atoms with Crippen LogP contribution >= 0.6 is 0 Å². The van der Waals surface area contributed by atoms with Crippen LogP contribution in [-0.2, 0) is 0 Å². The van der Waals surface area contributed by atoms with Crippen LogP contribution in [-0.4, -0.2) is 24.2 Å². The molecule has 1 saturated heterocycles. The van der Waals surface area contributed by atoms with E-state index < -0.39 is 0 Å². The normalized spacial score (nSPS) is 20.2. The molecule has 134 valence electrons. The lowest BCUT2D eigenvalue weighted by Gasteiger charge is -2.20. The number of benzene rings is 1. The van der Waals surface area contributed by atoms with E-state index in [-0.39, 0.29) is 5.41 Å². The fraction of sp³-hybridized carbons (Fsp3) is 0.292. The molecule has 0 saturated carbocycles. The van der Waals surface area contributed by atoms with Crippen LogP contribution in [0.4, 0.5) is 0 Å². The van der Waals surface area contributed by atoms with Gasteiger partial charge in [0.25, 0.3) is 0 Å². The Hall–Kier alpha value is -2.79. The van der Waals surface area contributed by atoms with Crippen LogP contribution in [0.5, 0.6) is 0 Å². The zero-order valence-electron chi connectivity index (χ0n) is 16.3. The van der Waals surface area contributed by atoms with Gasteiger partial charge in [-0.15, -0.1) is 0 Å². The van der Waals surface area contributed by atoms with Gasteiger partial charge in [0.1, 0.15) is 0 Å². The van der Waals surface area contributed by atoms with Gasteiger partial charge in [-0.2, -0.15) is 0 Å². The highest BCUT2D eigenvalue weighted by molar-refractivity contribution is 6.06. The maximum Gasteiger partial charge on any atom is 0.0697 e. The summed E-state index contributed by atoms with van der Waals surface area (Å²) in [6.45, 7) is 15.2. The number of hydrogen-bond donors (Lipinski definition) is 1. The van der Waals surface area contributed by atoms with Crippen molar-refractivity contribution in [3.8, 4) is 11.8 Å². The van der Waals surface area contributed by atoms with E-state index in [1.54, 1.807) is 0 Å². The van der Waals surface area contributed by atoms with Crippen molar-refractivity contribution in [2.45, 2.75) is 27.2 Å². The maximum absolute atomic E-state index is 8.29.